The van der Waals surface area contributed by atoms with Crippen LogP contribution in [0.5, 0.6) is 0 Å². The molecule has 1 aromatic heterocycles. The van der Waals surface area contributed by atoms with Gasteiger partial charge in [-0.05, 0) is 41.9 Å². The second kappa shape index (κ2) is 2.97. The Morgan fingerprint density at radius 1 is 1.55 bits per heavy atom. The van der Waals surface area contributed by atoms with Gasteiger partial charge in [0, 0.05) is 0 Å². The van der Waals surface area contributed by atoms with Crippen LogP contribution in [0.2, 0.25) is 0 Å². The topological polar surface area (TPSA) is 48.4 Å². The minimum absolute atomic E-state index is 0.563. The second-order valence-electron chi connectivity index (χ2n) is 2.73. The first kappa shape index (κ1) is 8.77. The lowest BCUT2D eigenvalue weighted by Crippen LogP contribution is -2.24. The molecule has 11 heavy (non-hydrogen) atoms. The monoisotopic (exact) mass is 219 g/mol. The van der Waals surface area contributed by atoms with Gasteiger partial charge in [0.05, 0.1) is 0 Å². The standard InChI is InChI=1S/C7H10BrNO2/c1-7(2,11-9)5-3-4-6(8)10-5/h3-4H,9H2,1-2H3. The van der Waals surface area contributed by atoms with Crippen LogP contribution in [-0.2, 0) is 10.4 Å². The zero-order valence-electron chi connectivity index (χ0n) is 6.43. The average molecular weight is 220 g/mol. The van der Waals surface area contributed by atoms with Crippen molar-refractivity contribution >= 4 is 15.9 Å². The molecule has 0 fully saturated rings. The molecule has 0 amide bonds. The summed E-state index contributed by atoms with van der Waals surface area (Å²) in [7, 11) is 0. The van der Waals surface area contributed by atoms with Gasteiger partial charge in [-0.1, -0.05) is 0 Å². The molecule has 62 valence electrons. The normalized spacial score (nSPS) is 12.0. The maximum atomic E-state index is 5.25. The van der Waals surface area contributed by atoms with E-state index in [-0.39, 0.29) is 0 Å². The van der Waals surface area contributed by atoms with Gasteiger partial charge in [0.25, 0.3) is 0 Å². The Balaban J connectivity index is 2.92. The van der Waals surface area contributed by atoms with E-state index in [1.54, 1.807) is 6.07 Å². The molecule has 0 saturated heterocycles. The van der Waals surface area contributed by atoms with Gasteiger partial charge in [-0.15, -0.1) is 0 Å². The van der Waals surface area contributed by atoms with Crippen molar-refractivity contribution in [1.82, 2.24) is 0 Å². The Morgan fingerprint density at radius 3 is 2.55 bits per heavy atom. The van der Waals surface area contributed by atoms with E-state index in [9.17, 15) is 0 Å². The van der Waals surface area contributed by atoms with Gasteiger partial charge in [-0.25, -0.2) is 5.90 Å². The summed E-state index contributed by atoms with van der Waals surface area (Å²) in [6.07, 6.45) is 0. The lowest BCUT2D eigenvalue weighted by molar-refractivity contribution is -0.0393. The molecule has 1 heterocycles. The van der Waals surface area contributed by atoms with Crippen molar-refractivity contribution in [1.29, 1.82) is 0 Å². The van der Waals surface area contributed by atoms with Crippen LogP contribution in [0.25, 0.3) is 0 Å². The summed E-state index contributed by atoms with van der Waals surface area (Å²) in [5, 5.41) is 0. The SMILES string of the molecule is CC(C)(ON)c1ccc(Br)o1. The summed E-state index contributed by atoms with van der Waals surface area (Å²) in [5.41, 5.74) is -0.563. The zero-order valence-corrected chi connectivity index (χ0v) is 8.01. The van der Waals surface area contributed by atoms with E-state index in [0.717, 1.165) is 0 Å². The Hall–Kier alpha value is -0.320. The Morgan fingerprint density at radius 2 is 2.18 bits per heavy atom. The molecule has 3 nitrogen and oxygen atoms in total. The molecule has 0 atom stereocenters. The van der Waals surface area contributed by atoms with Crippen molar-refractivity contribution in [2.45, 2.75) is 19.4 Å². The minimum Gasteiger partial charge on any atom is -0.451 e. The largest absolute Gasteiger partial charge is 0.451 e. The highest BCUT2D eigenvalue weighted by atomic mass is 79.9. The van der Waals surface area contributed by atoms with E-state index >= 15 is 0 Å². The predicted molar refractivity (Wildman–Crippen MR) is 44.7 cm³/mol. The van der Waals surface area contributed by atoms with Crippen molar-refractivity contribution in [3.8, 4) is 0 Å². The number of halogens is 1. The second-order valence-corrected chi connectivity index (χ2v) is 3.51. The molecule has 1 aromatic rings. The first-order valence-corrected chi connectivity index (χ1v) is 3.99. The fraction of sp³-hybridized carbons (Fsp3) is 0.429. The summed E-state index contributed by atoms with van der Waals surface area (Å²) in [6.45, 7) is 3.66. The van der Waals surface area contributed by atoms with Crippen LogP contribution < -0.4 is 5.90 Å². The van der Waals surface area contributed by atoms with Gasteiger partial charge in [0.1, 0.15) is 11.4 Å². The highest BCUT2D eigenvalue weighted by Crippen LogP contribution is 2.26. The molecular weight excluding hydrogens is 210 g/mol. The summed E-state index contributed by atoms with van der Waals surface area (Å²) in [4.78, 5) is 4.72. The molecule has 4 heteroatoms. The highest BCUT2D eigenvalue weighted by Gasteiger charge is 2.24. The molecule has 1 rings (SSSR count). The highest BCUT2D eigenvalue weighted by molar-refractivity contribution is 9.10. The predicted octanol–water partition coefficient (Wildman–Crippen LogP) is 2.17. The summed E-state index contributed by atoms with van der Waals surface area (Å²) in [6, 6.07) is 3.62. The van der Waals surface area contributed by atoms with Crippen LogP contribution in [0.3, 0.4) is 0 Å². The zero-order chi connectivity index (χ0) is 8.48. The Bertz CT molecular complexity index is 244. The molecule has 0 aliphatic heterocycles. The first-order valence-electron chi connectivity index (χ1n) is 3.20. The van der Waals surface area contributed by atoms with E-state index in [4.69, 9.17) is 15.2 Å². The van der Waals surface area contributed by atoms with Crippen LogP contribution in [-0.4, -0.2) is 0 Å². The lowest BCUT2D eigenvalue weighted by atomic mass is 10.1. The molecule has 0 unspecified atom stereocenters. The first-order chi connectivity index (χ1) is 5.06. The van der Waals surface area contributed by atoms with Gasteiger partial charge in [0.15, 0.2) is 4.67 Å². The van der Waals surface area contributed by atoms with Crippen LogP contribution >= 0.6 is 15.9 Å². The van der Waals surface area contributed by atoms with E-state index in [1.165, 1.54) is 0 Å². The number of nitrogens with two attached hydrogens (primary N) is 1. The van der Waals surface area contributed by atoms with E-state index in [2.05, 4.69) is 15.9 Å². The van der Waals surface area contributed by atoms with Crippen LogP contribution in [0.15, 0.2) is 21.2 Å². The van der Waals surface area contributed by atoms with Gasteiger partial charge in [0.2, 0.25) is 0 Å². The molecule has 0 spiro atoms. The van der Waals surface area contributed by atoms with E-state index in [0.29, 0.717) is 10.4 Å². The Kier molecular flexibility index (Phi) is 2.37. The molecule has 0 aliphatic rings. The van der Waals surface area contributed by atoms with Gasteiger partial charge < -0.3 is 4.42 Å². The summed E-state index contributed by atoms with van der Waals surface area (Å²) >= 11 is 3.19. The third-order valence-corrected chi connectivity index (χ3v) is 1.89. The minimum atomic E-state index is -0.563. The maximum Gasteiger partial charge on any atom is 0.169 e. The van der Waals surface area contributed by atoms with Crippen molar-refractivity contribution in [2.24, 2.45) is 5.90 Å². The number of hydrogen-bond donors (Lipinski definition) is 1. The van der Waals surface area contributed by atoms with E-state index in [1.807, 2.05) is 19.9 Å². The van der Waals surface area contributed by atoms with Crippen molar-refractivity contribution in [3.63, 3.8) is 0 Å². The molecule has 0 radical (unpaired) electrons. The molecular formula is C7H10BrNO2. The molecule has 0 aliphatic carbocycles. The molecule has 0 bridgehead atoms. The fourth-order valence-electron chi connectivity index (χ4n) is 0.696. The van der Waals surface area contributed by atoms with Crippen molar-refractivity contribution in [2.75, 3.05) is 0 Å². The van der Waals surface area contributed by atoms with Gasteiger partial charge in [-0.2, -0.15) is 0 Å². The number of rotatable bonds is 2. The lowest BCUT2D eigenvalue weighted by Gasteiger charge is -2.18. The Labute approximate surface area is 73.6 Å². The number of furan rings is 1. The maximum absolute atomic E-state index is 5.25. The third kappa shape index (κ3) is 1.83. The molecule has 2 N–H and O–H groups in total. The van der Waals surface area contributed by atoms with E-state index < -0.39 is 5.60 Å². The molecule has 0 saturated carbocycles. The van der Waals surface area contributed by atoms with Gasteiger partial charge in [-0.3, -0.25) is 4.84 Å². The van der Waals surface area contributed by atoms with Crippen LogP contribution in [0.4, 0.5) is 0 Å². The van der Waals surface area contributed by atoms with Crippen LogP contribution in [0, 0.1) is 0 Å². The summed E-state index contributed by atoms with van der Waals surface area (Å²) in [5.74, 6) is 5.77. The summed E-state index contributed by atoms with van der Waals surface area (Å²) < 4.78 is 5.93. The third-order valence-electron chi connectivity index (χ3n) is 1.46. The fourth-order valence-corrected chi connectivity index (χ4v) is 1.00. The molecule has 0 aromatic carbocycles. The quantitative estimate of drug-likeness (QED) is 0.777. The van der Waals surface area contributed by atoms with Crippen molar-refractivity contribution < 1.29 is 9.25 Å². The van der Waals surface area contributed by atoms with Gasteiger partial charge >= 0.3 is 0 Å². The van der Waals surface area contributed by atoms with Crippen molar-refractivity contribution in [3.05, 3.63) is 22.6 Å². The average Bonchev–Trinajstić information content (AvgIpc) is 2.36. The smallest absolute Gasteiger partial charge is 0.169 e. The number of hydrogen-bond acceptors (Lipinski definition) is 3. The van der Waals surface area contributed by atoms with Crippen LogP contribution in [0.1, 0.15) is 19.6 Å².